The zero-order valence-corrected chi connectivity index (χ0v) is 9.11. The van der Waals surface area contributed by atoms with Gasteiger partial charge in [-0.15, -0.1) is 0 Å². The Kier molecular flexibility index (Phi) is 4.94. The fourth-order valence-corrected chi connectivity index (χ4v) is 1.69. The minimum absolute atomic E-state index is 0.619. The lowest BCUT2D eigenvalue weighted by Gasteiger charge is -1.96. The number of hydrogen-bond donors (Lipinski definition) is 0. The highest BCUT2D eigenvalue weighted by atomic mass is 35.5. The quantitative estimate of drug-likeness (QED) is 0.545. The van der Waals surface area contributed by atoms with Crippen molar-refractivity contribution in [1.29, 1.82) is 0 Å². The Balaban J connectivity index is 2.55. The summed E-state index contributed by atoms with van der Waals surface area (Å²) in [7, 11) is 0. The third-order valence-electron chi connectivity index (χ3n) is 1.40. The zero-order valence-electron chi connectivity index (χ0n) is 7.53. The molecule has 1 aromatic carbocycles. The second kappa shape index (κ2) is 6.06. The fourth-order valence-electron chi connectivity index (χ4n) is 0.823. The van der Waals surface area contributed by atoms with Crippen molar-refractivity contribution < 1.29 is 0 Å². The van der Waals surface area contributed by atoms with Crippen LogP contribution < -0.4 is 0 Å². The molecule has 0 amide bonds. The normalized spacial score (nSPS) is 11.7. The highest BCUT2D eigenvalue weighted by molar-refractivity contribution is 8.16. The molecule has 70 valence electrons. The van der Waals surface area contributed by atoms with Crippen LogP contribution in [0.25, 0.3) is 0 Å². The highest BCUT2D eigenvalue weighted by Crippen LogP contribution is 2.17. The first kappa shape index (κ1) is 10.6. The number of para-hydroxylation sites is 1. The van der Waals surface area contributed by atoms with Gasteiger partial charge in [0, 0.05) is 5.75 Å². The number of nitrogens with zero attached hydrogens (tertiary/aromatic N) is 1. The first-order valence-electron chi connectivity index (χ1n) is 4.25. The summed E-state index contributed by atoms with van der Waals surface area (Å²) < 4.78 is 0.619. The molecule has 1 nitrogen and oxygen atoms in total. The summed E-state index contributed by atoms with van der Waals surface area (Å²) in [6.45, 7) is 2.12. The lowest BCUT2D eigenvalue weighted by Crippen LogP contribution is -1.81. The standard InChI is InChI=1S/C10H12ClNS/c1-2-8-13-10(11)12-9-6-4-3-5-7-9/h3-7H,2,8H2,1H3. The predicted molar refractivity (Wildman–Crippen MR) is 62.1 cm³/mol. The first-order chi connectivity index (χ1) is 6.33. The molecule has 1 rings (SSSR count). The van der Waals surface area contributed by atoms with Crippen LogP contribution in [0.4, 0.5) is 5.69 Å². The van der Waals surface area contributed by atoms with E-state index >= 15 is 0 Å². The molecule has 0 atom stereocenters. The van der Waals surface area contributed by atoms with Crippen LogP contribution in [0.5, 0.6) is 0 Å². The number of rotatable bonds is 3. The van der Waals surface area contributed by atoms with E-state index in [1.54, 1.807) is 11.8 Å². The lowest BCUT2D eigenvalue weighted by molar-refractivity contribution is 1.11. The van der Waals surface area contributed by atoms with Gasteiger partial charge in [0.05, 0.1) is 5.69 Å². The van der Waals surface area contributed by atoms with E-state index in [1.165, 1.54) is 0 Å². The summed E-state index contributed by atoms with van der Waals surface area (Å²) >= 11 is 7.49. The highest BCUT2D eigenvalue weighted by Gasteiger charge is 1.94. The Morgan fingerprint density at radius 2 is 2.08 bits per heavy atom. The largest absolute Gasteiger partial charge is 0.230 e. The van der Waals surface area contributed by atoms with Gasteiger partial charge in [0.1, 0.15) is 0 Å². The summed E-state index contributed by atoms with van der Waals surface area (Å²) in [5.74, 6) is 1.02. The Bertz CT molecular complexity index is 272. The van der Waals surface area contributed by atoms with Gasteiger partial charge in [-0.05, 0) is 18.6 Å². The van der Waals surface area contributed by atoms with E-state index in [9.17, 15) is 0 Å². The van der Waals surface area contributed by atoms with Crippen LogP contribution >= 0.6 is 23.4 Å². The second-order valence-electron chi connectivity index (χ2n) is 2.55. The van der Waals surface area contributed by atoms with Crippen LogP contribution in [-0.2, 0) is 0 Å². The maximum Gasteiger partial charge on any atom is 0.163 e. The number of aliphatic imine (C=N–C) groups is 1. The van der Waals surface area contributed by atoms with Gasteiger partial charge in [0.15, 0.2) is 4.50 Å². The summed E-state index contributed by atoms with van der Waals surface area (Å²) in [5, 5.41) is 0. The Morgan fingerprint density at radius 3 is 2.69 bits per heavy atom. The molecule has 0 aliphatic carbocycles. The van der Waals surface area contributed by atoms with Crippen LogP contribution in [0.3, 0.4) is 0 Å². The van der Waals surface area contributed by atoms with Crippen LogP contribution in [-0.4, -0.2) is 10.3 Å². The van der Waals surface area contributed by atoms with Crippen molar-refractivity contribution in [2.75, 3.05) is 5.75 Å². The van der Waals surface area contributed by atoms with E-state index in [0.29, 0.717) is 4.50 Å². The van der Waals surface area contributed by atoms with Gasteiger partial charge in [-0.2, -0.15) is 0 Å². The minimum Gasteiger partial charge on any atom is -0.230 e. The van der Waals surface area contributed by atoms with Gasteiger partial charge in [0.25, 0.3) is 0 Å². The van der Waals surface area contributed by atoms with E-state index in [2.05, 4.69) is 11.9 Å². The first-order valence-corrected chi connectivity index (χ1v) is 5.61. The van der Waals surface area contributed by atoms with Crippen LogP contribution in [0.1, 0.15) is 13.3 Å². The number of thioether (sulfide) groups is 1. The molecule has 3 heteroatoms. The molecule has 0 aromatic heterocycles. The molecule has 0 bridgehead atoms. The average Bonchev–Trinajstić information content (AvgIpc) is 2.16. The lowest BCUT2D eigenvalue weighted by atomic mass is 10.3. The molecule has 0 radical (unpaired) electrons. The van der Waals surface area contributed by atoms with Gasteiger partial charge in [-0.1, -0.05) is 48.5 Å². The van der Waals surface area contributed by atoms with Gasteiger partial charge in [-0.25, -0.2) is 4.99 Å². The Morgan fingerprint density at radius 1 is 1.38 bits per heavy atom. The van der Waals surface area contributed by atoms with Crippen LogP contribution in [0.2, 0.25) is 0 Å². The van der Waals surface area contributed by atoms with Crippen molar-refractivity contribution in [1.82, 2.24) is 0 Å². The van der Waals surface area contributed by atoms with Crippen LogP contribution in [0, 0.1) is 0 Å². The Labute approximate surface area is 88.2 Å². The summed E-state index contributed by atoms with van der Waals surface area (Å²) in [6.07, 6.45) is 1.12. The Hall–Kier alpha value is -0.470. The molecule has 0 saturated carbocycles. The SMILES string of the molecule is CCCSC(Cl)=Nc1ccccc1. The van der Waals surface area contributed by atoms with E-state index in [4.69, 9.17) is 11.6 Å². The smallest absolute Gasteiger partial charge is 0.163 e. The molecule has 0 heterocycles. The van der Waals surface area contributed by atoms with Crippen molar-refractivity contribution in [3.8, 4) is 0 Å². The maximum absolute atomic E-state index is 5.91. The topological polar surface area (TPSA) is 12.4 Å². The predicted octanol–water partition coefficient (Wildman–Crippen LogP) is 4.06. The third-order valence-corrected chi connectivity index (χ3v) is 2.75. The van der Waals surface area contributed by atoms with E-state index in [-0.39, 0.29) is 0 Å². The zero-order chi connectivity index (χ0) is 9.52. The molecular formula is C10H12ClNS. The molecule has 1 aromatic rings. The van der Waals surface area contributed by atoms with E-state index in [1.807, 2.05) is 30.3 Å². The van der Waals surface area contributed by atoms with Gasteiger partial charge in [0.2, 0.25) is 0 Å². The molecule has 0 spiro atoms. The van der Waals surface area contributed by atoms with Gasteiger partial charge in [-0.3, -0.25) is 0 Å². The number of benzene rings is 1. The van der Waals surface area contributed by atoms with Crippen molar-refractivity contribution >= 4 is 33.6 Å². The molecule has 0 aliphatic rings. The molecule has 0 saturated heterocycles. The van der Waals surface area contributed by atoms with Crippen molar-refractivity contribution in [3.05, 3.63) is 30.3 Å². The monoisotopic (exact) mass is 213 g/mol. The molecule has 13 heavy (non-hydrogen) atoms. The minimum atomic E-state index is 0.619. The van der Waals surface area contributed by atoms with Gasteiger partial charge >= 0.3 is 0 Å². The molecule has 0 fully saturated rings. The number of hydrogen-bond acceptors (Lipinski definition) is 2. The van der Waals surface area contributed by atoms with Crippen molar-refractivity contribution in [2.45, 2.75) is 13.3 Å². The van der Waals surface area contributed by atoms with Crippen molar-refractivity contribution in [2.24, 2.45) is 4.99 Å². The van der Waals surface area contributed by atoms with E-state index < -0.39 is 0 Å². The molecule has 0 unspecified atom stereocenters. The van der Waals surface area contributed by atoms with E-state index in [0.717, 1.165) is 17.9 Å². The summed E-state index contributed by atoms with van der Waals surface area (Å²) in [6, 6.07) is 9.75. The van der Waals surface area contributed by atoms with Crippen LogP contribution in [0.15, 0.2) is 35.3 Å². The van der Waals surface area contributed by atoms with Crippen molar-refractivity contribution in [3.63, 3.8) is 0 Å². The number of halogens is 1. The van der Waals surface area contributed by atoms with Gasteiger partial charge < -0.3 is 0 Å². The summed E-state index contributed by atoms with van der Waals surface area (Å²) in [4.78, 5) is 4.24. The fraction of sp³-hybridized carbons (Fsp3) is 0.300. The summed E-state index contributed by atoms with van der Waals surface area (Å²) in [5.41, 5.74) is 0.913. The molecule has 0 N–H and O–H groups in total. The molecule has 0 aliphatic heterocycles. The second-order valence-corrected chi connectivity index (χ2v) is 4.21. The average molecular weight is 214 g/mol. The molecular weight excluding hydrogens is 202 g/mol. The third kappa shape index (κ3) is 4.34. The maximum atomic E-state index is 5.91.